The van der Waals surface area contributed by atoms with Crippen LogP contribution in [0.5, 0.6) is 0 Å². The van der Waals surface area contributed by atoms with Crippen LogP contribution in [0.4, 0.5) is 15.9 Å². The molecule has 1 aliphatic rings. The molecule has 0 spiro atoms. The van der Waals surface area contributed by atoms with Crippen molar-refractivity contribution in [2.75, 3.05) is 23.3 Å². The van der Waals surface area contributed by atoms with E-state index in [-0.39, 0.29) is 22.3 Å². The number of nitrogens with one attached hydrogen (secondary N) is 1. The van der Waals surface area contributed by atoms with Crippen molar-refractivity contribution in [1.29, 1.82) is 5.26 Å². The molecule has 2 aromatic rings. The molecule has 3 rings (SSSR count). The molecule has 1 unspecified atom stereocenters. The van der Waals surface area contributed by atoms with Crippen LogP contribution in [0.25, 0.3) is 0 Å². The van der Waals surface area contributed by atoms with Gasteiger partial charge in [0, 0.05) is 25.3 Å². The number of sulfonamides is 1. The second kappa shape index (κ2) is 7.27. The standard InChI is InChI=1S/C17H18FN5O2S/c18-14-9-12(10-19)5-6-15(14)23-8-2-3-13(11-23)22-17-16(26(20,24)25)4-1-7-21-17/h1,4-7,9,13H,2-3,8,11H2,(H,21,22)(H2,20,24,25). The molecule has 0 bridgehead atoms. The van der Waals surface area contributed by atoms with Gasteiger partial charge in [0.25, 0.3) is 0 Å². The van der Waals surface area contributed by atoms with Gasteiger partial charge in [-0.15, -0.1) is 0 Å². The van der Waals surface area contributed by atoms with Crippen LogP contribution in [0.3, 0.4) is 0 Å². The van der Waals surface area contributed by atoms with Crippen LogP contribution in [0.1, 0.15) is 18.4 Å². The highest BCUT2D eigenvalue weighted by atomic mass is 32.2. The van der Waals surface area contributed by atoms with E-state index in [9.17, 15) is 12.8 Å². The minimum atomic E-state index is -3.89. The summed E-state index contributed by atoms with van der Waals surface area (Å²) in [7, 11) is -3.89. The Labute approximate surface area is 151 Å². The molecule has 9 heteroatoms. The molecule has 3 N–H and O–H groups in total. The minimum Gasteiger partial charge on any atom is -0.367 e. The van der Waals surface area contributed by atoms with E-state index < -0.39 is 15.8 Å². The molecule has 1 fully saturated rings. The Hall–Kier alpha value is -2.70. The van der Waals surface area contributed by atoms with Gasteiger partial charge in [-0.2, -0.15) is 5.26 Å². The average Bonchev–Trinajstić information content (AvgIpc) is 2.61. The summed E-state index contributed by atoms with van der Waals surface area (Å²) in [5, 5.41) is 17.2. The first-order chi connectivity index (χ1) is 12.4. The molecule has 0 amide bonds. The monoisotopic (exact) mass is 375 g/mol. The largest absolute Gasteiger partial charge is 0.367 e. The van der Waals surface area contributed by atoms with Crippen molar-refractivity contribution < 1.29 is 12.8 Å². The molecule has 7 nitrogen and oxygen atoms in total. The summed E-state index contributed by atoms with van der Waals surface area (Å²) in [6.07, 6.45) is 3.07. The zero-order valence-corrected chi connectivity index (χ0v) is 14.7. The Balaban J connectivity index is 1.79. The van der Waals surface area contributed by atoms with Gasteiger partial charge in [-0.25, -0.2) is 22.9 Å². The van der Waals surface area contributed by atoms with Gasteiger partial charge in [0.15, 0.2) is 0 Å². The van der Waals surface area contributed by atoms with Crippen LogP contribution < -0.4 is 15.4 Å². The molecule has 1 saturated heterocycles. The lowest BCUT2D eigenvalue weighted by atomic mass is 10.0. The summed E-state index contributed by atoms with van der Waals surface area (Å²) < 4.78 is 37.7. The van der Waals surface area contributed by atoms with Crippen molar-refractivity contribution >= 4 is 21.5 Å². The highest BCUT2D eigenvalue weighted by Gasteiger charge is 2.24. The Bertz CT molecular complexity index is 958. The average molecular weight is 375 g/mol. The zero-order chi connectivity index (χ0) is 18.7. The SMILES string of the molecule is N#Cc1ccc(N2CCCC(Nc3ncccc3S(N)(=O)=O)C2)c(F)c1. The highest BCUT2D eigenvalue weighted by molar-refractivity contribution is 7.89. The number of piperidine rings is 1. The van der Waals surface area contributed by atoms with E-state index in [4.69, 9.17) is 10.4 Å². The molecule has 0 saturated carbocycles. The van der Waals surface area contributed by atoms with E-state index in [1.807, 2.05) is 11.0 Å². The summed E-state index contributed by atoms with van der Waals surface area (Å²) in [4.78, 5) is 5.88. The molecule has 1 aliphatic heterocycles. The fraction of sp³-hybridized carbons (Fsp3) is 0.294. The summed E-state index contributed by atoms with van der Waals surface area (Å²) in [5.41, 5.74) is 0.687. The van der Waals surface area contributed by atoms with E-state index in [0.29, 0.717) is 18.8 Å². The van der Waals surface area contributed by atoms with Crippen LogP contribution in [-0.4, -0.2) is 32.5 Å². The van der Waals surface area contributed by atoms with Crippen molar-refractivity contribution in [2.24, 2.45) is 5.14 Å². The third kappa shape index (κ3) is 3.92. The first-order valence-corrected chi connectivity index (χ1v) is 9.62. The molecule has 0 aliphatic carbocycles. The van der Waals surface area contributed by atoms with Crippen LogP contribution in [-0.2, 0) is 10.0 Å². The number of benzene rings is 1. The van der Waals surface area contributed by atoms with E-state index in [1.54, 1.807) is 12.1 Å². The molecular weight excluding hydrogens is 357 g/mol. The van der Waals surface area contributed by atoms with Crippen LogP contribution in [0.15, 0.2) is 41.4 Å². The maximum absolute atomic E-state index is 14.3. The normalized spacial score (nSPS) is 17.6. The Kier molecular flexibility index (Phi) is 5.06. The first kappa shape index (κ1) is 18.1. The molecule has 136 valence electrons. The lowest BCUT2D eigenvalue weighted by molar-refractivity contribution is 0.517. The van der Waals surface area contributed by atoms with Crippen molar-refractivity contribution in [3.63, 3.8) is 0 Å². The summed E-state index contributed by atoms with van der Waals surface area (Å²) in [5.74, 6) is -0.255. The van der Waals surface area contributed by atoms with Gasteiger partial charge < -0.3 is 10.2 Å². The summed E-state index contributed by atoms with van der Waals surface area (Å²) >= 11 is 0. The topological polar surface area (TPSA) is 112 Å². The molecule has 0 radical (unpaired) electrons. The Morgan fingerprint density at radius 3 is 2.88 bits per heavy atom. The number of anilines is 2. The van der Waals surface area contributed by atoms with Gasteiger partial charge in [0.2, 0.25) is 10.0 Å². The molecule has 1 aromatic carbocycles. The van der Waals surface area contributed by atoms with Crippen LogP contribution in [0, 0.1) is 17.1 Å². The number of nitrogens with zero attached hydrogens (tertiary/aromatic N) is 3. The van der Waals surface area contributed by atoms with Gasteiger partial charge in [-0.05, 0) is 43.2 Å². The summed E-state index contributed by atoms with van der Waals surface area (Å²) in [6.45, 7) is 1.15. The molecule has 26 heavy (non-hydrogen) atoms. The zero-order valence-electron chi connectivity index (χ0n) is 13.9. The maximum Gasteiger partial charge on any atom is 0.241 e. The van der Waals surface area contributed by atoms with E-state index in [1.165, 1.54) is 24.4 Å². The highest BCUT2D eigenvalue weighted by Crippen LogP contribution is 2.26. The number of halogens is 1. The lowest BCUT2D eigenvalue weighted by Gasteiger charge is -2.35. The van der Waals surface area contributed by atoms with Crippen LogP contribution >= 0.6 is 0 Å². The third-order valence-electron chi connectivity index (χ3n) is 4.26. The smallest absolute Gasteiger partial charge is 0.241 e. The van der Waals surface area contributed by atoms with Gasteiger partial charge in [0.05, 0.1) is 17.3 Å². The van der Waals surface area contributed by atoms with E-state index in [2.05, 4.69) is 10.3 Å². The number of pyridine rings is 1. The molecule has 1 aromatic heterocycles. The number of nitriles is 1. The van der Waals surface area contributed by atoms with Gasteiger partial charge in [-0.3, -0.25) is 0 Å². The second-order valence-electron chi connectivity index (χ2n) is 6.10. The fourth-order valence-corrected chi connectivity index (χ4v) is 3.72. The van der Waals surface area contributed by atoms with E-state index >= 15 is 0 Å². The number of nitrogens with two attached hydrogens (primary N) is 1. The van der Waals surface area contributed by atoms with E-state index in [0.717, 1.165) is 12.8 Å². The second-order valence-corrected chi connectivity index (χ2v) is 7.63. The Morgan fingerprint density at radius 2 is 2.19 bits per heavy atom. The number of rotatable bonds is 4. The molecule has 2 heterocycles. The van der Waals surface area contributed by atoms with Crippen molar-refractivity contribution in [2.45, 2.75) is 23.8 Å². The number of primary sulfonamides is 1. The van der Waals surface area contributed by atoms with Crippen molar-refractivity contribution in [1.82, 2.24) is 4.98 Å². The summed E-state index contributed by atoms with van der Waals surface area (Å²) in [6, 6.07) is 9.07. The third-order valence-corrected chi connectivity index (χ3v) is 5.20. The quantitative estimate of drug-likeness (QED) is 0.843. The Morgan fingerprint density at radius 1 is 1.38 bits per heavy atom. The van der Waals surface area contributed by atoms with Crippen molar-refractivity contribution in [3.05, 3.63) is 47.9 Å². The predicted molar refractivity (Wildman–Crippen MR) is 95.6 cm³/mol. The van der Waals surface area contributed by atoms with Crippen molar-refractivity contribution in [3.8, 4) is 6.07 Å². The predicted octanol–water partition coefficient (Wildman–Crippen LogP) is 1.82. The first-order valence-electron chi connectivity index (χ1n) is 8.07. The molecule has 1 atom stereocenters. The van der Waals surface area contributed by atoms with Gasteiger partial charge in [-0.1, -0.05) is 0 Å². The lowest BCUT2D eigenvalue weighted by Crippen LogP contribution is -2.43. The minimum absolute atomic E-state index is 0.0679. The van der Waals surface area contributed by atoms with Crippen LogP contribution in [0.2, 0.25) is 0 Å². The number of hydrogen-bond donors (Lipinski definition) is 2. The van der Waals surface area contributed by atoms with Gasteiger partial charge in [0.1, 0.15) is 16.5 Å². The number of hydrogen-bond acceptors (Lipinski definition) is 6. The fourth-order valence-electron chi connectivity index (χ4n) is 3.07. The molecular formula is C17H18FN5O2S. The maximum atomic E-state index is 14.3. The number of aromatic nitrogens is 1. The van der Waals surface area contributed by atoms with Gasteiger partial charge >= 0.3 is 0 Å².